The van der Waals surface area contributed by atoms with Gasteiger partial charge in [-0.1, -0.05) is 26.2 Å². The van der Waals surface area contributed by atoms with Crippen LogP contribution >= 0.6 is 0 Å². The zero-order chi connectivity index (χ0) is 13.3. The van der Waals surface area contributed by atoms with Crippen LogP contribution in [0.3, 0.4) is 0 Å². The molecule has 0 aromatic rings. The molecule has 2 aliphatic heterocycles. The topological polar surface area (TPSA) is 38.5 Å². The van der Waals surface area contributed by atoms with Gasteiger partial charge in [-0.25, -0.2) is 0 Å². The molecule has 2 saturated heterocycles. The highest BCUT2D eigenvalue weighted by Crippen LogP contribution is 2.45. The van der Waals surface area contributed by atoms with Crippen molar-refractivity contribution in [3.63, 3.8) is 0 Å². The summed E-state index contributed by atoms with van der Waals surface area (Å²) < 4.78 is 5.57. The molecule has 3 fully saturated rings. The van der Waals surface area contributed by atoms with Gasteiger partial charge in [-0.15, -0.1) is 0 Å². The van der Waals surface area contributed by atoms with Crippen molar-refractivity contribution in [2.45, 2.75) is 57.9 Å². The summed E-state index contributed by atoms with van der Waals surface area (Å²) in [5.74, 6) is 0. The van der Waals surface area contributed by atoms with Gasteiger partial charge in [0.05, 0.1) is 13.2 Å². The average molecular weight is 266 g/mol. The van der Waals surface area contributed by atoms with Gasteiger partial charge >= 0.3 is 0 Å². The van der Waals surface area contributed by atoms with Crippen LogP contribution in [0.4, 0.5) is 0 Å². The second-order valence-electron chi connectivity index (χ2n) is 7.61. The number of hydrogen-bond acceptors (Lipinski definition) is 3. The van der Waals surface area contributed by atoms with Crippen LogP contribution in [-0.2, 0) is 4.74 Å². The smallest absolute Gasteiger partial charge is 0.0624 e. The molecule has 2 heterocycles. The van der Waals surface area contributed by atoms with Crippen LogP contribution in [-0.4, -0.2) is 43.8 Å². The third-order valence-corrected chi connectivity index (χ3v) is 6.04. The monoisotopic (exact) mass is 266 g/mol. The fraction of sp³-hybridized carbons (Fsp3) is 1.00. The van der Waals surface area contributed by atoms with Gasteiger partial charge in [0.2, 0.25) is 0 Å². The summed E-state index contributed by atoms with van der Waals surface area (Å²) >= 11 is 0. The Bertz CT molecular complexity index is 304. The maximum absolute atomic E-state index is 6.22. The third kappa shape index (κ3) is 2.84. The SMILES string of the molecule is CC1(CN2CCC3(CCCCC3)CC2)COCC1N. The fourth-order valence-electron chi connectivity index (χ4n) is 4.39. The molecule has 1 saturated carbocycles. The zero-order valence-electron chi connectivity index (χ0n) is 12.5. The van der Waals surface area contributed by atoms with Crippen molar-refractivity contribution in [1.82, 2.24) is 4.90 Å². The van der Waals surface area contributed by atoms with E-state index in [0.29, 0.717) is 5.41 Å². The first-order valence-electron chi connectivity index (χ1n) is 8.18. The summed E-state index contributed by atoms with van der Waals surface area (Å²) in [6, 6.07) is 0.220. The predicted molar refractivity (Wildman–Crippen MR) is 78.1 cm³/mol. The van der Waals surface area contributed by atoms with Crippen LogP contribution in [0.25, 0.3) is 0 Å². The summed E-state index contributed by atoms with van der Waals surface area (Å²) in [4.78, 5) is 2.65. The third-order valence-electron chi connectivity index (χ3n) is 6.04. The molecule has 1 aliphatic carbocycles. The maximum atomic E-state index is 6.22. The van der Waals surface area contributed by atoms with E-state index in [0.717, 1.165) is 19.8 Å². The molecule has 0 aromatic heterocycles. The molecule has 3 heteroatoms. The number of ether oxygens (including phenoxy) is 1. The molecule has 0 aromatic carbocycles. The molecule has 3 nitrogen and oxygen atoms in total. The van der Waals surface area contributed by atoms with E-state index in [-0.39, 0.29) is 11.5 Å². The second kappa shape index (κ2) is 5.34. The molecule has 1 spiro atoms. The molecule has 19 heavy (non-hydrogen) atoms. The van der Waals surface area contributed by atoms with Gasteiger partial charge in [-0.05, 0) is 44.2 Å². The molecule has 0 amide bonds. The molecule has 2 unspecified atom stereocenters. The van der Waals surface area contributed by atoms with Crippen molar-refractivity contribution < 1.29 is 4.74 Å². The Morgan fingerprint density at radius 3 is 2.37 bits per heavy atom. The van der Waals surface area contributed by atoms with Crippen molar-refractivity contribution in [3.05, 3.63) is 0 Å². The first-order chi connectivity index (χ1) is 9.12. The number of piperidine rings is 1. The molecular weight excluding hydrogens is 236 g/mol. The van der Waals surface area contributed by atoms with E-state index in [2.05, 4.69) is 11.8 Å². The quantitative estimate of drug-likeness (QED) is 0.834. The molecule has 2 atom stereocenters. The lowest BCUT2D eigenvalue weighted by Gasteiger charge is -2.46. The minimum atomic E-state index is 0.178. The summed E-state index contributed by atoms with van der Waals surface area (Å²) in [7, 11) is 0. The Balaban J connectivity index is 1.53. The van der Waals surface area contributed by atoms with Crippen molar-refractivity contribution in [1.29, 1.82) is 0 Å². The van der Waals surface area contributed by atoms with E-state index in [1.807, 2.05) is 0 Å². The van der Waals surface area contributed by atoms with Crippen molar-refractivity contribution >= 4 is 0 Å². The lowest BCUT2D eigenvalue weighted by atomic mass is 9.68. The molecular formula is C16H30N2O. The van der Waals surface area contributed by atoms with Gasteiger partial charge in [-0.3, -0.25) is 0 Å². The van der Waals surface area contributed by atoms with Gasteiger partial charge in [-0.2, -0.15) is 0 Å². The lowest BCUT2D eigenvalue weighted by Crippen LogP contribution is -2.50. The Morgan fingerprint density at radius 2 is 1.79 bits per heavy atom. The Morgan fingerprint density at radius 1 is 1.11 bits per heavy atom. The maximum Gasteiger partial charge on any atom is 0.0624 e. The standard InChI is InChI=1S/C16H30N2O/c1-15(13-19-11-14(15)17)12-18-9-7-16(8-10-18)5-3-2-4-6-16/h14H,2-13,17H2,1H3. The normalized spacial score (nSPS) is 39.8. The highest BCUT2D eigenvalue weighted by molar-refractivity contribution is 4.95. The van der Waals surface area contributed by atoms with E-state index in [9.17, 15) is 0 Å². The largest absolute Gasteiger partial charge is 0.379 e. The first-order valence-corrected chi connectivity index (χ1v) is 8.18. The minimum absolute atomic E-state index is 0.178. The van der Waals surface area contributed by atoms with E-state index in [1.54, 1.807) is 0 Å². The summed E-state index contributed by atoms with van der Waals surface area (Å²) in [6.45, 7) is 7.58. The van der Waals surface area contributed by atoms with Crippen LogP contribution in [0.2, 0.25) is 0 Å². The van der Waals surface area contributed by atoms with Gasteiger partial charge < -0.3 is 15.4 Å². The number of rotatable bonds is 2. The molecule has 0 radical (unpaired) electrons. The highest BCUT2D eigenvalue weighted by atomic mass is 16.5. The number of nitrogens with zero attached hydrogens (tertiary/aromatic N) is 1. The van der Waals surface area contributed by atoms with Gasteiger partial charge in [0.25, 0.3) is 0 Å². The minimum Gasteiger partial charge on any atom is -0.379 e. The van der Waals surface area contributed by atoms with Gasteiger partial charge in [0.15, 0.2) is 0 Å². The van der Waals surface area contributed by atoms with Crippen molar-refractivity contribution in [3.8, 4) is 0 Å². The molecule has 2 N–H and O–H groups in total. The number of hydrogen-bond donors (Lipinski definition) is 1. The predicted octanol–water partition coefficient (Wildman–Crippen LogP) is 2.40. The molecule has 0 bridgehead atoms. The molecule has 3 rings (SSSR count). The Labute approximate surface area is 117 Å². The Hall–Kier alpha value is -0.120. The Kier molecular flexibility index (Phi) is 3.89. The van der Waals surface area contributed by atoms with Crippen LogP contribution in [0.15, 0.2) is 0 Å². The summed E-state index contributed by atoms with van der Waals surface area (Å²) in [5.41, 5.74) is 7.10. The van der Waals surface area contributed by atoms with Gasteiger partial charge in [0.1, 0.15) is 0 Å². The van der Waals surface area contributed by atoms with Crippen LogP contribution in [0.1, 0.15) is 51.9 Å². The first kappa shape index (κ1) is 13.8. The van der Waals surface area contributed by atoms with Crippen LogP contribution in [0, 0.1) is 10.8 Å². The molecule has 110 valence electrons. The lowest BCUT2D eigenvalue weighted by molar-refractivity contribution is 0.0396. The number of nitrogens with two attached hydrogens (primary N) is 1. The zero-order valence-corrected chi connectivity index (χ0v) is 12.5. The van der Waals surface area contributed by atoms with E-state index in [4.69, 9.17) is 10.5 Å². The van der Waals surface area contributed by atoms with E-state index >= 15 is 0 Å². The van der Waals surface area contributed by atoms with E-state index < -0.39 is 0 Å². The van der Waals surface area contributed by atoms with Gasteiger partial charge in [0, 0.05) is 18.0 Å². The molecule has 3 aliphatic rings. The summed E-state index contributed by atoms with van der Waals surface area (Å²) in [6.07, 6.45) is 10.2. The van der Waals surface area contributed by atoms with Crippen LogP contribution in [0.5, 0.6) is 0 Å². The van der Waals surface area contributed by atoms with Crippen LogP contribution < -0.4 is 5.73 Å². The average Bonchev–Trinajstić information content (AvgIpc) is 2.74. The van der Waals surface area contributed by atoms with Crippen molar-refractivity contribution in [2.24, 2.45) is 16.6 Å². The second-order valence-corrected chi connectivity index (χ2v) is 7.61. The van der Waals surface area contributed by atoms with E-state index in [1.165, 1.54) is 58.0 Å². The highest BCUT2D eigenvalue weighted by Gasteiger charge is 2.41. The number of likely N-dealkylation sites (tertiary alicyclic amines) is 1. The van der Waals surface area contributed by atoms with Crippen molar-refractivity contribution in [2.75, 3.05) is 32.8 Å². The summed E-state index contributed by atoms with van der Waals surface area (Å²) in [5, 5.41) is 0. The fourth-order valence-corrected chi connectivity index (χ4v) is 4.39.